The third kappa shape index (κ3) is 2.81. The second kappa shape index (κ2) is 6.25. The van der Waals surface area contributed by atoms with Gasteiger partial charge in [-0.15, -0.1) is 0 Å². The van der Waals surface area contributed by atoms with Crippen molar-refractivity contribution in [1.29, 1.82) is 0 Å². The zero-order chi connectivity index (χ0) is 16.6. The Hall–Kier alpha value is -2.00. The first-order valence-electron chi connectivity index (χ1n) is 8.47. The van der Waals surface area contributed by atoms with Gasteiger partial charge in [0.2, 0.25) is 0 Å². The van der Waals surface area contributed by atoms with E-state index < -0.39 is 0 Å². The van der Waals surface area contributed by atoms with Crippen LogP contribution in [0.25, 0.3) is 0 Å². The van der Waals surface area contributed by atoms with Crippen molar-refractivity contribution in [2.24, 2.45) is 5.73 Å². The number of nitrogens with zero attached hydrogens (tertiary/aromatic N) is 2. The first-order chi connectivity index (χ1) is 11.0. The summed E-state index contributed by atoms with van der Waals surface area (Å²) in [5.41, 5.74) is 14.5. The topological polar surface area (TPSA) is 32.5 Å². The number of nitrogens with two attached hydrogens (primary N) is 1. The fourth-order valence-electron chi connectivity index (χ4n) is 3.87. The Labute approximate surface area is 139 Å². The van der Waals surface area contributed by atoms with Crippen LogP contribution in [0.5, 0.6) is 0 Å². The zero-order valence-corrected chi connectivity index (χ0v) is 14.6. The first kappa shape index (κ1) is 15.9. The van der Waals surface area contributed by atoms with Crippen molar-refractivity contribution in [1.82, 2.24) is 0 Å². The Morgan fingerprint density at radius 1 is 1.00 bits per heavy atom. The molecule has 2 N–H and O–H groups in total. The van der Waals surface area contributed by atoms with E-state index in [0.717, 1.165) is 19.5 Å². The van der Waals surface area contributed by atoms with E-state index in [0.29, 0.717) is 0 Å². The Kier molecular flexibility index (Phi) is 4.31. The smallest absolute Gasteiger partial charge is 0.155 e. The van der Waals surface area contributed by atoms with Gasteiger partial charge in [0, 0.05) is 24.5 Å². The summed E-state index contributed by atoms with van der Waals surface area (Å²) in [6, 6.07) is 13.1. The van der Waals surface area contributed by atoms with Crippen molar-refractivity contribution in [2.45, 2.75) is 40.4 Å². The highest BCUT2D eigenvalue weighted by Crippen LogP contribution is 2.33. The van der Waals surface area contributed by atoms with Crippen LogP contribution < -0.4 is 15.5 Å². The molecule has 1 atom stereocenters. The molecule has 0 spiro atoms. The number of rotatable bonds is 3. The summed E-state index contributed by atoms with van der Waals surface area (Å²) in [6.07, 6.45) is 0.921. The maximum Gasteiger partial charge on any atom is 0.155 e. The fourth-order valence-corrected chi connectivity index (χ4v) is 3.87. The Bertz CT molecular complexity index is 685. The van der Waals surface area contributed by atoms with Crippen LogP contribution in [0.4, 0.5) is 11.4 Å². The van der Waals surface area contributed by atoms with Crippen LogP contribution in [0.3, 0.4) is 0 Å². The van der Waals surface area contributed by atoms with E-state index in [1.807, 2.05) is 0 Å². The Morgan fingerprint density at radius 2 is 1.61 bits per heavy atom. The van der Waals surface area contributed by atoms with Crippen LogP contribution in [0, 0.1) is 20.8 Å². The highest BCUT2D eigenvalue weighted by Gasteiger charge is 2.31. The molecule has 0 aromatic heterocycles. The van der Waals surface area contributed by atoms with Gasteiger partial charge in [0.15, 0.2) is 6.29 Å². The number of aryl methyl sites for hydroxylation is 4. The van der Waals surface area contributed by atoms with Crippen LogP contribution in [0.15, 0.2) is 36.4 Å². The highest BCUT2D eigenvalue weighted by atomic mass is 15.5. The Morgan fingerprint density at radius 3 is 2.26 bits per heavy atom. The summed E-state index contributed by atoms with van der Waals surface area (Å²) < 4.78 is 0. The number of hydrogen-bond acceptors (Lipinski definition) is 3. The van der Waals surface area contributed by atoms with E-state index in [9.17, 15) is 0 Å². The molecule has 1 aliphatic heterocycles. The molecule has 0 bridgehead atoms. The minimum atomic E-state index is -0.109. The van der Waals surface area contributed by atoms with E-state index >= 15 is 0 Å². The average molecular weight is 309 g/mol. The van der Waals surface area contributed by atoms with Gasteiger partial charge in [0.05, 0.1) is 0 Å². The molecular weight excluding hydrogens is 282 g/mol. The van der Waals surface area contributed by atoms with Gasteiger partial charge in [-0.2, -0.15) is 0 Å². The lowest BCUT2D eigenvalue weighted by Gasteiger charge is -2.32. The van der Waals surface area contributed by atoms with E-state index in [4.69, 9.17) is 5.73 Å². The third-order valence-corrected chi connectivity index (χ3v) is 4.83. The average Bonchev–Trinajstić information content (AvgIpc) is 2.88. The molecule has 1 unspecified atom stereocenters. The van der Waals surface area contributed by atoms with Gasteiger partial charge in [-0.3, -0.25) is 5.73 Å². The molecule has 122 valence electrons. The molecule has 0 amide bonds. The molecule has 1 fully saturated rings. The molecule has 3 heteroatoms. The van der Waals surface area contributed by atoms with Gasteiger partial charge < -0.3 is 9.80 Å². The monoisotopic (exact) mass is 309 g/mol. The minimum absolute atomic E-state index is 0.109. The highest BCUT2D eigenvalue weighted by molar-refractivity contribution is 5.65. The minimum Gasteiger partial charge on any atom is -0.337 e. The maximum atomic E-state index is 6.64. The molecule has 2 aromatic carbocycles. The predicted molar refractivity (Wildman–Crippen MR) is 99.1 cm³/mol. The SMILES string of the molecule is CCc1ccccc1N1CCN(c2c(C)cc(C)cc2C)C1N. The van der Waals surface area contributed by atoms with Crippen LogP contribution >= 0.6 is 0 Å². The van der Waals surface area contributed by atoms with E-state index in [2.05, 4.69) is 73.9 Å². The second-order valence-corrected chi connectivity index (χ2v) is 6.53. The fraction of sp³-hybridized carbons (Fsp3) is 0.400. The summed E-state index contributed by atoms with van der Waals surface area (Å²) in [7, 11) is 0. The van der Waals surface area contributed by atoms with Gasteiger partial charge in [-0.05, 0) is 49.9 Å². The Balaban J connectivity index is 1.95. The van der Waals surface area contributed by atoms with Gasteiger partial charge in [0.1, 0.15) is 0 Å². The van der Waals surface area contributed by atoms with Crippen LogP contribution in [0.2, 0.25) is 0 Å². The standard InChI is InChI=1S/C20H27N3/c1-5-17-8-6-7-9-18(17)22-10-11-23(20(22)21)19-15(3)12-14(2)13-16(19)4/h6-9,12-13,20H,5,10-11,21H2,1-4H3. The summed E-state index contributed by atoms with van der Waals surface area (Å²) in [5, 5.41) is 0. The molecule has 1 heterocycles. The number of hydrogen-bond donors (Lipinski definition) is 1. The summed E-state index contributed by atoms with van der Waals surface area (Å²) in [5.74, 6) is 0. The summed E-state index contributed by atoms with van der Waals surface area (Å²) in [6.45, 7) is 10.6. The quantitative estimate of drug-likeness (QED) is 0.937. The lowest BCUT2D eigenvalue weighted by Crippen LogP contribution is -2.47. The van der Waals surface area contributed by atoms with Gasteiger partial charge in [0.25, 0.3) is 0 Å². The first-order valence-corrected chi connectivity index (χ1v) is 8.47. The third-order valence-electron chi connectivity index (χ3n) is 4.83. The van der Waals surface area contributed by atoms with Crippen molar-refractivity contribution >= 4 is 11.4 Å². The molecule has 1 saturated heterocycles. The van der Waals surface area contributed by atoms with E-state index in [1.165, 1.54) is 33.6 Å². The molecular formula is C20H27N3. The van der Waals surface area contributed by atoms with Crippen molar-refractivity contribution in [3.8, 4) is 0 Å². The number of para-hydroxylation sites is 1. The zero-order valence-electron chi connectivity index (χ0n) is 14.6. The number of benzene rings is 2. The van der Waals surface area contributed by atoms with E-state index in [1.54, 1.807) is 0 Å². The summed E-state index contributed by atoms with van der Waals surface area (Å²) >= 11 is 0. The van der Waals surface area contributed by atoms with Crippen LogP contribution in [-0.4, -0.2) is 19.4 Å². The lowest BCUT2D eigenvalue weighted by molar-refractivity contribution is 0.694. The van der Waals surface area contributed by atoms with Gasteiger partial charge >= 0.3 is 0 Å². The number of anilines is 2. The molecule has 0 aliphatic carbocycles. The molecule has 2 aromatic rings. The van der Waals surface area contributed by atoms with Gasteiger partial charge in [-0.1, -0.05) is 42.8 Å². The molecule has 0 saturated carbocycles. The van der Waals surface area contributed by atoms with Crippen molar-refractivity contribution in [3.63, 3.8) is 0 Å². The maximum absolute atomic E-state index is 6.64. The normalized spacial score (nSPS) is 17.9. The van der Waals surface area contributed by atoms with Gasteiger partial charge in [-0.25, -0.2) is 0 Å². The molecule has 3 rings (SSSR count). The lowest BCUT2D eigenvalue weighted by atomic mass is 10.0. The second-order valence-electron chi connectivity index (χ2n) is 6.53. The van der Waals surface area contributed by atoms with Crippen molar-refractivity contribution in [2.75, 3.05) is 22.9 Å². The predicted octanol–water partition coefficient (Wildman–Crippen LogP) is 3.74. The largest absolute Gasteiger partial charge is 0.337 e. The van der Waals surface area contributed by atoms with E-state index in [-0.39, 0.29) is 6.29 Å². The van der Waals surface area contributed by atoms with Crippen molar-refractivity contribution < 1.29 is 0 Å². The molecule has 3 nitrogen and oxygen atoms in total. The van der Waals surface area contributed by atoms with Crippen molar-refractivity contribution in [3.05, 3.63) is 58.7 Å². The molecule has 0 radical (unpaired) electrons. The van der Waals surface area contributed by atoms with Crippen LogP contribution in [-0.2, 0) is 6.42 Å². The molecule has 1 aliphatic rings. The molecule has 23 heavy (non-hydrogen) atoms. The summed E-state index contributed by atoms with van der Waals surface area (Å²) in [4.78, 5) is 4.67. The van der Waals surface area contributed by atoms with Crippen LogP contribution in [0.1, 0.15) is 29.2 Å².